The molecule has 0 spiro atoms. The van der Waals surface area contributed by atoms with Crippen molar-refractivity contribution >= 4 is 5.91 Å². The van der Waals surface area contributed by atoms with Crippen LogP contribution in [0.2, 0.25) is 0 Å². The first kappa shape index (κ1) is 18.9. The fourth-order valence-electron chi connectivity index (χ4n) is 3.22. The molecule has 8 heteroatoms. The third-order valence-corrected chi connectivity index (χ3v) is 4.75. The van der Waals surface area contributed by atoms with E-state index in [9.17, 15) is 4.79 Å². The Hall–Kier alpha value is -3.39. The number of rotatable bonds is 4. The topological polar surface area (TPSA) is 90.3 Å². The summed E-state index contributed by atoms with van der Waals surface area (Å²) in [4.78, 5) is 31.9. The number of hydrogen-bond acceptors (Lipinski definition) is 7. The van der Waals surface area contributed by atoms with Gasteiger partial charge in [-0.1, -0.05) is 0 Å². The van der Waals surface area contributed by atoms with E-state index in [0.29, 0.717) is 31.1 Å². The average molecular weight is 391 g/mol. The van der Waals surface area contributed by atoms with Crippen molar-refractivity contribution in [1.82, 2.24) is 24.8 Å². The van der Waals surface area contributed by atoms with Crippen molar-refractivity contribution in [3.8, 4) is 17.0 Å². The molecule has 0 saturated carbocycles. The summed E-state index contributed by atoms with van der Waals surface area (Å²) in [6.07, 6.45) is 6.01. The Labute approximate surface area is 168 Å². The molecule has 1 saturated heterocycles. The second-order valence-electron chi connectivity index (χ2n) is 6.67. The van der Waals surface area contributed by atoms with Gasteiger partial charge >= 0.3 is 0 Å². The lowest BCUT2D eigenvalue weighted by molar-refractivity contribution is -0.0248. The molecular formula is C21H21N5O3. The van der Waals surface area contributed by atoms with Gasteiger partial charge in [-0.3, -0.25) is 19.7 Å². The van der Waals surface area contributed by atoms with E-state index in [4.69, 9.17) is 9.47 Å². The molecule has 0 bridgehead atoms. The van der Waals surface area contributed by atoms with E-state index >= 15 is 0 Å². The lowest BCUT2D eigenvalue weighted by Gasteiger charge is -2.33. The first-order chi connectivity index (χ1) is 14.2. The minimum atomic E-state index is -0.378. The highest BCUT2D eigenvalue weighted by molar-refractivity contribution is 5.92. The van der Waals surface area contributed by atoms with E-state index in [1.165, 1.54) is 6.20 Å². The van der Waals surface area contributed by atoms with Crippen LogP contribution in [0.25, 0.3) is 11.3 Å². The van der Waals surface area contributed by atoms with Crippen molar-refractivity contribution in [2.24, 2.45) is 0 Å². The van der Waals surface area contributed by atoms with Crippen molar-refractivity contribution in [2.45, 2.75) is 13.0 Å². The number of methoxy groups -OCH3 is 1. The van der Waals surface area contributed by atoms with Gasteiger partial charge in [0.1, 0.15) is 17.5 Å². The third kappa shape index (κ3) is 4.07. The van der Waals surface area contributed by atoms with Crippen LogP contribution in [0.15, 0.2) is 49.1 Å². The summed E-state index contributed by atoms with van der Waals surface area (Å²) in [5.74, 6) is 0.602. The monoisotopic (exact) mass is 391 g/mol. The Bertz CT molecular complexity index is 992. The zero-order valence-electron chi connectivity index (χ0n) is 16.3. The summed E-state index contributed by atoms with van der Waals surface area (Å²) in [7, 11) is 1.63. The minimum absolute atomic E-state index is 0.166. The maximum Gasteiger partial charge on any atom is 0.274 e. The highest BCUT2D eigenvalue weighted by Gasteiger charge is 2.29. The van der Waals surface area contributed by atoms with Crippen LogP contribution in [0, 0.1) is 6.92 Å². The molecule has 1 atom stereocenters. The predicted molar refractivity (Wildman–Crippen MR) is 105 cm³/mol. The molecule has 1 aliphatic rings. The summed E-state index contributed by atoms with van der Waals surface area (Å²) in [6.45, 7) is 3.11. The Balaban J connectivity index is 1.58. The lowest BCUT2D eigenvalue weighted by atomic mass is 10.0. The number of hydrogen-bond donors (Lipinski definition) is 0. The highest BCUT2D eigenvalue weighted by Crippen LogP contribution is 2.30. The number of aromatic nitrogens is 4. The Kier molecular flexibility index (Phi) is 5.44. The molecule has 0 N–H and O–H groups in total. The zero-order chi connectivity index (χ0) is 20.2. The Morgan fingerprint density at radius 3 is 2.62 bits per heavy atom. The van der Waals surface area contributed by atoms with Crippen LogP contribution >= 0.6 is 0 Å². The van der Waals surface area contributed by atoms with Crippen molar-refractivity contribution in [3.05, 3.63) is 66.1 Å². The molecule has 29 heavy (non-hydrogen) atoms. The number of morpholine rings is 1. The molecule has 0 aliphatic carbocycles. The predicted octanol–water partition coefficient (Wildman–Crippen LogP) is 2.46. The van der Waals surface area contributed by atoms with Gasteiger partial charge in [-0.2, -0.15) is 0 Å². The van der Waals surface area contributed by atoms with Crippen LogP contribution in [0.1, 0.15) is 28.0 Å². The molecule has 1 aliphatic heterocycles. The van der Waals surface area contributed by atoms with Gasteiger partial charge in [0, 0.05) is 30.7 Å². The van der Waals surface area contributed by atoms with Gasteiger partial charge < -0.3 is 14.4 Å². The quantitative estimate of drug-likeness (QED) is 0.675. The molecule has 148 valence electrons. The van der Waals surface area contributed by atoms with Crippen LogP contribution in [-0.2, 0) is 4.74 Å². The van der Waals surface area contributed by atoms with Crippen LogP contribution in [0.4, 0.5) is 0 Å². The molecule has 1 fully saturated rings. The van der Waals surface area contributed by atoms with Crippen LogP contribution in [0.5, 0.6) is 5.75 Å². The highest BCUT2D eigenvalue weighted by atomic mass is 16.5. The first-order valence-electron chi connectivity index (χ1n) is 9.30. The molecule has 3 heterocycles. The number of nitrogens with zero attached hydrogens (tertiary/aromatic N) is 5. The number of carbonyl (C=O) groups is 1. The van der Waals surface area contributed by atoms with E-state index in [0.717, 1.165) is 22.7 Å². The van der Waals surface area contributed by atoms with Gasteiger partial charge in [0.05, 0.1) is 43.5 Å². The first-order valence-corrected chi connectivity index (χ1v) is 9.30. The maximum atomic E-state index is 12.8. The molecule has 4 rings (SSSR count). The van der Waals surface area contributed by atoms with E-state index in [-0.39, 0.29) is 12.0 Å². The minimum Gasteiger partial charge on any atom is -0.497 e. The molecule has 1 amide bonds. The van der Waals surface area contributed by atoms with Gasteiger partial charge in [0.15, 0.2) is 0 Å². The summed E-state index contributed by atoms with van der Waals surface area (Å²) >= 11 is 0. The number of benzene rings is 1. The molecule has 0 radical (unpaired) electrons. The summed E-state index contributed by atoms with van der Waals surface area (Å²) in [6, 6.07) is 7.61. The van der Waals surface area contributed by atoms with Crippen LogP contribution in [0.3, 0.4) is 0 Å². The summed E-state index contributed by atoms with van der Waals surface area (Å²) in [5, 5.41) is 0. The number of ether oxygens (including phenoxy) is 2. The van der Waals surface area contributed by atoms with Gasteiger partial charge in [-0.05, 0) is 31.2 Å². The van der Waals surface area contributed by atoms with Gasteiger partial charge in [0.25, 0.3) is 5.91 Å². The summed E-state index contributed by atoms with van der Waals surface area (Å²) < 4.78 is 11.2. The Morgan fingerprint density at radius 2 is 1.90 bits per heavy atom. The normalized spacial score (nSPS) is 16.5. The fourth-order valence-corrected chi connectivity index (χ4v) is 3.22. The van der Waals surface area contributed by atoms with Crippen molar-refractivity contribution in [1.29, 1.82) is 0 Å². The van der Waals surface area contributed by atoms with Crippen LogP contribution in [-0.4, -0.2) is 57.5 Å². The molecular weight excluding hydrogens is 370 g/mol. The summed E-state index contributed by atoms with van der Waals surface area (Å²) in [5.41, 5.74) is 3.43. The fraction of sp³-hybridized carbons (Fsp3) is 0.286. The molecule has 2 aromatic heterocycles. The number of aryl methyl sites for hydroxylation is 1. The molecule has 3 aromatic rings. The van der Waals surface area contributed by atoms with E-state index in [1.54, 1.807) is 30.6 Å². The van der Waals surface area contributed by atoms with E-state index in [1.807, 2.05) is 31.2 Å². The maximum absolute atomic E-state index is 12.8. The van der Waals surface area contributed by atoms with E-state index in [2.05, 4.69) is 19.9 Å². The SMILES string of the molecule is COc1ccc(-c2nccnc2[C@@H]2CN(C(=O)c3cnc(C)cn3)CCO2)cc1. The third-order valence-electron chi connectivity index (χ3n) is 4.75. The standard InChI is InChI=1S/C21H21N5O3/c1-14-11-25-17(12-24-14)21(27)26-9-10-29-18(13-26)20-19(22-7-8-23-20)15-3-5-16(28-2)6-4-15/h3-8,11-12,18H,9-10,13H2,1-2H3/t18-/m0/s1. The molecule has 8 nitrogen and oxygen atoms in total. The lowest BCUT2D eigenvalue weighted by Crippen LogP contribution is -2.43. The van der Waals surface area contributed by atoms with E-state index < -0.39 is 0 Å². The molecule has 1 aromatic carbocycles. The number of amides is 1. The largest absolute Gasteiger partial charge is 0.497 e. The second kappa shape index (κ2) is 8.32. The van der Waals surface area contributed by atoms with Crippen molar-refractivity contribution in [3.63, 3.8) is 0 Å². The Morgan fingerprint density at radius 1 is 1.10 bits per heavy atom. The van der Waals surface area contributed by atoms with Crippen LogP contribution < -0.4 is 4.74 Å². The molecule has 0 unspecified atom stereocenters. The van der Waals surface area contributed by atoms with Gasteiger partial charge in [-0.25, -0.2) is 4.98 Å². The second-order valence-corrected chi connectivity index (χ2v) is 6.67. The average Bonchev–Trinajstić information content (AvgIpc) is 2.79. The zero-order valence-corrected chi connectivity index (χ0v) is 16.3. The van der Waals surface area contributed by atoms with Gasteiger partial charge in [-0.15, -0.1) is 0 Å². The van der Waals surface area contributed by atoms with Crippen molar-refractivity contribution in [2.75, 3.05) is 26.8 Å². The van der Waals surface area contributed by atoms with Gasteiger partial charge in [0.2, 0.25) is 0 Å². The number of carbonyl (C=O) groups excluding carboxylic acids is 1. The van der Waals surface area contributed by atoms with Crippen molar-refractivity contribution < 1.29 is 14.3 Å². The smallest absolute Gasteiger partial charge is 0.274 e.